The molecule has 0 saturated heterocycles. The fraction of sp³-hybridized carbons (Fsp3) is 0.455. The highest BCUT2D eigenvalue weighted by molar-refractivity contribution is 5.66. The lowest BCUT2D eigenvalue weighted by Crippen LogP contribution is -1.91. The summed E-state index contributed by atoms with van der Waals surface area (Å²) in [7, 11) is 0. The monoisotopic (exact) mass is 597 g/mol. The van der Waals surface area contributed by atoms with Crippen molar-refractivity contribution in [2.45, 2.75) is 135 Å². The second-order valence-corrected chi connectivity index (χ2v) is 9.54. The molecule has 44 heavy (non-hydrogen) atoms. The van der Waals surface area contributed by atoms with Crippen LogP contribution in [0.25, 0.3) is 22.3 Å². The molecule has 0 amide bonds. The van der Waals surface area contributed by atoms with Gasteiger partial charge in [-0.3, -0.25) is 0 Å². The molecule has 244 valence electrons. The van der Waals surface area contributed by atoms with Crippen molar-refractivity contribution in [2.24, 2.45) is 0 Å². The minimum Gasteiger partial charge on any atom is -0.0683 e. The maximum atomic E-state index is 2.35. The molecule has 0 aromatic heterocycles. The van der Waals surface area contributed by atoms with E-state index in [2.05, 4.69) is 126 Å². The van der Waals surface area contributed by atoms with E-state index in [0.717, 1.165) is 38.5 Å². The van der Waals surface area contributed by atoms with Crippen LogP contribution in [0.3, 0.4) is 0 Å². The normalized spacial score (nSPS) is 9.23. The lowest BCUT2D eigenvalue weighted by molar-refractivity contribution is 1.04. The van der Waals surface area contributed by atoms with E-state index in [1.165, 1.54) is 55.6 Å². The molecular formula is C44H68. The Kier molecular flexibility index (Phi) is 26.8. The van der Waals surface area contributed by atoms with E-state index in [-0.39, 0.29) is 0 Å². The average Bonchev–Trinajstić information content (AvgIpc) is 3.14. The zero-order chi connectivity index (χ0) is 33.9. The van der Waals surface area contributed by atoms with Crippen LogP contribution in [0.1, 0.15) is 130 Å². The van der Waals surface area contributed by atoms with Gasteiger partial charge in [-0.2, -0.15) is 0 Å². The Hall–Kier alpha value is -3.12. The van der Waals surface area contributed by atoms with Crippen LogP contribution >= 0.6 is 0 Å². The van der Waals surface area contributed by atoms with Crippen molar-refractivity contribution in [1.82, 2.24) is 0 Å². The Balaban J connectivity index is 0. The molecule has 0 unspecified atom stereocenters. The second-order valence-electron chi connectivity index (χ2n) is 9.54. The Labute approximate surface area is 275 Å². The molecule has 0 nitrogen and oxygen atoms in total. The maximum absolute atomic E-state index is 2.35. The van der Waals surface area contributed by atoms with Crippen LogP contribution in [0.2, 0.25) is 0 Å². The van der Waals surface area contributed by atoms with Gasteiger partial charge in [-0.05, 0) is 94.2 Å². The molecule has 4 rings (SSSR count). The van der Waals surface area contributed by atoms with Gasteiger partial charge in [-0.1, -0.05) is 182 Å². The van der Waals surface area contributed by atoms with Crippen molar-refractivity contribution < 1.29 is 0 Å². The van der Waals surface area contributed by atoms with E-state index in [1.54, 1.807) is 0 Å². The smallest absolute Gasteiger partial charge is 0.0179 e. The fourth-order valence-corrected chi connectivity index (χ4v) is 4.68. The number of benzene rings is 4. The van der Waals surface area contributed by atoms with Gasteiger partial charge in [0.05, 0.1) is 0 Å². The molecule has 0 aliphatic heterocycles. The van der Waals surface area contributed by atoms with Crippen LogP contribution < -0.4 is 0 Å². The zero-order valence-electron chi connectivity index (χ0n) is 31.3. The molecule has 0 N–H and O–H groups in total. The molecular weight excluding hydrogens is 528 g/mol. The predicted octanol–water partition coefficient (Wildman–Crippen LogP) is 14.2. The third kappa shape index (κ3) is 14.6. The van der Waals surface area contributed by atoms with Gasteiger partial charge in [0.1, 0.15) is 0 Å². The maximum Gasteiger partial charge on any atom is -0.0179 e. The molecule has 0 fully saturated rings. The van der Waals surface area contributed by atoms with Crippen molar-refractivity contribution in [3.63, 3.8) is 0 Å². The lowest BCUT2D eigenvalue weighted by atomic mass is 9.96. The summed E-state index contributed by atoms with van der Waals surface area (Å²) in [6.45, 7) is 29.3. The highest BCUT2D eigenvalue weighted by Gasteiger charge is 2.04. The van der Waals surface area contributed by atoms with Crippen LogP contribution in [-0.4, -0.2) is 0 Å². The molecule has 0 aliphatic rings. The molecule has 4 aromatic rings. The molecule has 0 heteroatoms. The summed E-state index contributed by atoms with van der Waals surface area (Å²) in [6.07, 6.45) is 6.66. The van der Waals surface area contributed by atoms with Crippen molar-refractivity contribution in [3.8, 4) is 22.3 Å². The fourth-order valence-electron chi connectivity index (χ4n) is 4.68. The molecule has 0 heterocycles. The largest absolute Gasteiger partial charge is 0.0683 e. The van der Waals surface area contributed by atoms with Gasteiger partial charge in [0.25, 0.3) is 0 Å². The molecule has 0 radical (unpaired) electrons. The SMILES string of the molecule is CC.CC.CC.CC.CCc1ccc(-c2cc(CC)cc(CC)c2)cc1.CCc1ccc(-c2ccc(CC)c(CC)c2)cc1. The molecule has 0 atom stereocenters. The highest BCUT2D eigenvalue weighted by Crippen LogP contribution is 2.25. The first kappa shape index (κ1) is 43.0. The number of hydrogen-bond donors (Lipinski definition) is 0. The average molecular weight is 597 g/mol. The molecule has 4 aromatic carbocycles. The summed E-state index contributed by atoms with van der Waals surface area (Å²) in [5, 5.41) is 0. The first-order valence-corrected chi connectivity index (χ1v) is 18.0. The standard InChI is InChI=1S/2C18H22.4C2H6/c1-4-14-7-9-17(10-8-14)18-12-15(5-2)11-16(6-3)13-18;1-4-14-7-9-17(10-8-14)18-12-11-15(5-2)16(6-3)13-18;4*1-2/h2*7-13H,4-6H2,1-3H3;4*1-2H3. The van der Waals surface area contributed by atoms with Crippen molar-refractivity contribution in [3.05, 3.63) is 118 Å². The first-order valence-electron chi connectivity index (χ1n) is 18.0. The van der Waals surface area contributed by atoms with Gasteiger partial charge < -0.3 is 0 Å². The van der Waals surface area contributed by atoms with Gasteiger partial charge in [0.2, 0.25) is 0 Å². The minimum atomic E-state index is 1.11. The van der Waals surface area contributed by atoms with E-state index in [1.807, 2.05) is 55.4 Å². The van der Waals surface area contributed by atoms with Crippen LogP contribution in [0.5, 0.6) is 0 Å². The van der Waals surface area contributed by atoms with Crippen LogP contribution in [-0.2, 0) is 38.5 Å². The summed E-state index contributed by atoms with van der Waals surface area (Å²) in [6, 6.07) is 31.7. The molecule has 0 spiro atoms. The second kappa shape index (κ2) is 27.4. The molecule has 0 bridgehead atoms. The lowest BCUT2D eigenvalue weighted by Gasteiger charge is -2.09. The van der Waals surface area contributed by atoms with Crippen LogP contribution in [0.15, 0.2) is 84.9 Å². The molecule has 0 aliphatic carbocycles. The van der Waals surface area contributed by atoms with E-state index in [4.69, 9.17) is 0 Å². The third-order valence-electron chi connectivity index (χ3n) is 7.23. The van der Waals surface area contributed by atoms with Gasteiger partial charge in [0.15, 0.2) is 0 Å². The van der Waals surface area contributed by atoms with E-state index in [9.17, 15) is 0 Å². The summed E-state index contributed by atoms with van der Waals surface area (Å²) in [5.74, 6) is 0. The summed E-state index contributed by atoms with van der Waals surface area (Å²) < 4.78 is 0. The van der Waals surface area contributed by atoms with Gasteiger partial charge >= 0.3 is 0 Å². The third-order valence-corrected chi connectivity index (χ3v) is 7.23. The van der Waals surface area contributed by atoms with Crippen molar-refractivity contribution >= 4 is 0 Å². The van der Waals surface area contributed by atoms with Crippen molar-refractivity contribution in [2.75, 3.05) is 0 Å². The Morgan fingerprint density at radius 2 is 0.614 bits per heavy atom. The number of hydrogen-bond acceptors (Lipinski definition) is 0. The summed E-state index contributed by atoms with van der Waals surface area (Å²) in [5.41, 5.74) is 14.0. The van der Waals surface area contributed by atoms with E-state index < -0.39 is 0 Å². The van der Waals surface area contributed by atoms with Gasteiger partial charge in [-0.15, -0.1) is 0 Å². The molecule has 0 saturated carbocycles. The predicted molar refractivity (Wildman–Crippen MR) is 205 cm³/mol. The summed E-state index contributed by atoms with van der Waals surface area (Å²) >= 11 is 0. The van der Waals surface area contributed by atoms with Crippen LogP contribution in [0.4, 0.5) is 0 Å². The number of aryl methyl sites for hydroxylation is 6. The Bertz CT molecular complexity index is 1190. The van der Waals surface area contributed by atoms with Gasteiger partial charge in [-0.25, -0.2) is 0 Å². The highest BCUT2D eigenvalue weighted by atomic mass is 14.1. The topological polar surface area (TPSA) is 0 Å². The number of rotatable bonds is 8. The Morgan fingerprint density at radius 1 is 0.273 bits per heavy atom. The van der Waals surface area contributed by atoms with Gasteiger partial charge in [0, 0.05) is 0 Å². The Morgan fingerprint density at radius 3 is 0.955 bits per heavy atom. The van der Waals surface area contributed by atoms with E-state index >= 15 is 0 Å². The van der Waals surface area contributed by atoms with E-state index in [0.29, 0.717) is 0 Å². The first-order chi connectivity index (χ1) is 21.5. The minimum absolute atomic E-state index is 1.11. The zero-order valence-corrected chi connectivity index (χ0v) is 31.3. The van der Waals surface area contributed by atoms with Crippen LogP contribution in [0, 0.1) is 0 Å². The van der Waals surface area contributed by atoms with Crippen molar-refractivity contribution in [1.29, 1.82) is 0 Å². The quantitative estimate of drug-likeness (QED) is 0.190. The summed E-state index contributed by atoms with van der Waals surface area (Å²) in [4.78, 5) is 0.